The number of hydrogen-bond donors (Lipinski definition) is 1. The first-order chi connectivity index (χ1) is 12.0. The van der Waals surface area contributed by atoms with Gasteiger partial charge in [-0.15, -0.1) is 10.2 Å². The molecule has 0 bridgehead atoms. The Labute approximate surface area is 148 Å². The lowest BCUT2D eigenvalue weighted by molar-refractivity contribution is -0.120. The maximum Gasteiger partial charge on any atom is 0.217 e. The smallest absolute Gasteiger partial charge is 0.217 e. The monoisotopic (exact) mass is 342 g/mol. The van der Waals surface area contributed by atoms with Crippen LogP contribution in [0.2, 0.25) is 0 Å². The van der Waals surface area contributed by atoms with Crippen molar-refractivity contribution in [2.24, 2.45) is 7.05 Å². The van der Waals surface area contributed by atoms with E-state index in [1.54, 1.807) is 6.92 Å². The van der Waals surface area contributed by atoms with Crippen molar-refractivity contribution in [3.8, 4) is 0 Å². The zero-order valence-electron chi connectivity index (χ0n) is 15.1. The molecule has 0 aromatic carbocycles. The van der Waals surface area contributed by atoms with Crippen molar-refractivity contribution >= 4 is 5.91 Å². The minimum Gasteiger partial charge on any atom is -0.354 e. The molecule has 0 spiro atoms. The maximum atomic E-state index is 11.1. The molecule has 3 rings (SSSR count). The normalized spacial score (nSPS) is 19.7. The largest absolute Gasteiger partial charge is 0.354 e. The van der Waals surface area contributed by atoms with Gasteiger partial charge in [0.2, 0.25) is 5.91 Å². The highest BCUT2D eigenvalue weighted by Gasteiger charge is 2.34. The molecule has 0 unspecified atom stereocenters. The average Bonchev–Trinajstić information content (AvgIpc) is 2.90. The first-order valence-corrected chi connectivity index (χ1v) is 8.76. The lowest BCUT2D eigenvalue weighted by Gasteiger charge is -2.34. The van der Waals surface area contributed by atoms with E-state index in [1.807, 2.05) is 25.4 Å². The fraction of sp³-hybridized carbons (Fsp3) is 0.556. The lowest BCUT2D eigenvalue weighted by atomic mass is 9.79. The van der Waals surface area contributed by atoms with E-state index in [2.05, 4.69) is 43.1 Å². The fourth-order valence-corrected chi connectivity index (χ4v) is 3.27. The van der Waals surface area contributed by atoms with Crippen LogP contribution in [0.3, 0.4) is 0 Å². The van der Waals surface area contributed by atoms with Crippen molar-refractivity contribution in [2.45, 2.75) is 44.7 Å². The highest BCUT2D eigenvalue weighted by atomic mass is 16.1. The molecular formula is C18H26N6O. The van der Waals surface area contributed by atoms with Crippen molar-refractivity contribution < 1.29 is 4.79 Å². The summed E-state index contributed by atoms with van der Waals surface area (Å²) in [6.07, 6.45) is 4.64. The van der Waals surface area contributed by atoms with Gasteiger partial charge in [-0.25, -0.2) is 0 Å². The van der Waals surface area contributed by atoms with Gasteiger partial charge in [-0.1, -0.05) is 6.07 Å². The van der Waals surface area contributed by atoms with Gasteiger partial charge in [-0.3, -0.25) is 14.7 Å². The van der Waals surface area contributed by atoms with E-state index in [9.17, 15) is 4.79 Å². The number of amides is 1. The molecule has 0 radical (unpaired) electrons. The average molecular weight is 342 g/mol. The molecule has 1 amide bonds. The summed E-state index contributed by atoms with van der Waals surface area (Å²) < 4.78 is 2.10. The predicted molar refractivity (Wildman–Crippen MR) is 94.9 cm³/mol. The number of nitrogens with zero attached hydrogens (tertiary/aromatic N) is 5. The van der Waals surface area contributed by atoms with E-state index in [0.717, 1.165) is 49.7 Å². The summed E-state index contributed by atoms with van der Waals surface area (Å²) in [5.41, 5.74) is 1.10. The van der Waals surface area contributed by atoms with E-state index in [4.69, 9.17) is 0 Å². The number of nitrogens with one attached hydrogen (secondary N) is 1. The van der Waals surface area contributed by atoms with Gasteiger partial charge in [0.1, 0.15) is 11.6 Å². The summed E-state index contributed by atoms with van der Waals surface area (Å²) in [5, 5.41) is 11.7. The maximum absolute atomic E-state index is 11.1. The third-order valence-corrected chi connectivity index (χ3v) is 4.80. The summed E-state index contributed by atoms with van der Waals surface area (Å²) in [6, 6.07) is 6.29. The molecule has 7 nitrogen and oxygen atoms in total. The number of carbonyl (C=O) groups excluding carboxylic acids is 1. The minimum absolute atomic E-state index is 0.0386. The highest BCUT2D eigenvalue weighted by molar-refractivity contribution is 5.73. The van der Waals surface area contributed by atoms with Crippen LogP contribution >= 0.6 is 0 Å². The molecule has 134 valence electrons. The Morgan fingerprint density at radius 1 is 1.36 bits per heavy atom. The minimum atomic E-state index is 0.0386. The molecule has 1 N–H and O–H groups in total. The first-order valence-electron chi connectivity index (χ1n) is 8.76. The van der Waals surface area contributed by atoms with Crippen LogP contribution in [-0.4, -0.2) is 50.2 Å². The number of likely N-dealkylation sites (N-methyl/N-ethyl adjacent to an activating group) is 1. The van der Waals surface area contributed by atoms with E-state index in [1.165, 1.54) is 0 Å². The topological polar surface area (TPSA) is 75.9 Å². The molecule has 1 fully saturated rings. The molecule has 0 saturated heterocycles. The third-order valence-electron chi connectivity index (χ3n) is 4.80. The molecule has 1 aliphatic rings. The number of hydrogen-bond acceptors (Lipinski definition) is 5. The van der Waals surface area contributed by atoms with Gasteiger partial charge in [-0.2, -0.15) is 0 Å². The van der Waals surface area contributed by atoms with Gasteiger partial charge in [-0.05, 0) is 32.0 Å². The molecule has 2 aromatic rings. The fourth-order valence-electron chi connectivity index (χ4n) is 3.27. The zero-order valence-corrected chi connectivity index (χ0v) is 15.1. The first kappa shape index (κ1) is 17.5. The van der Waals surface area contributed by atoms with E-state index >= 15 is 0 Å². The van der Waals surface area contributed by atoms with Gasteiger partial charge < -0.3 is 9.88 Å². The summed E-state index contributed by atoms with van der Waals surface area (Å²) in [4.78, 5) is 17.7. The Kier molecular flexibility index (Phi) is 5.43. The molecule has 2 heterocycles. The van der Waals surface area contributed by atoms with Crippen LogP contribution in [0.4, 0.5) is 0 Å². The quantitative estimate of drug-likeness (QED) is 0.820. The Morgan fingerprint density at radius 3 is 2.84 bits per heavy atom. The summed E-state index contributed by atoms with van der Waals surface area (Å²) in [6.45, 7) is 3.25. The highest BCUT2D eigenvalue weighted by Crippen LogP contribution is 2.35. The summed E-state index contributed by atoms with van der Waals surface area (Å²) in [5.74, 6) is 2.43. The van der Waals surface area contributed by atoms with Gasteiger partial charge in [0, 0.05) is 50.8 Å². The van der Waals surface area contributed by atoms with Gasteiger partial charge in [0.05, 0.1) is 6.54 Å². The van der Waals surface area contributed by atoms with E-state index in [0.29, 0.717) is 5.92 Å². The lowest BCUT2D eigenvalue weighted by Crippen LogP contribution is -2.43. The van der Waals surface area contributed by atoms with Crippen LogP contribution in [-0.2, 0) is 24.8 Å². The molecule has 1 aliphatic carbocycles. The van der Waals surface area contributed by atoms with Crippen LogP contribution in [0.5, 0.6) is 0 Å². The number of aromatic nitrogens is 4. The molecule has 7 heteroatoms. The second kappa shape index (κ2) is 7.74. The predicted octanol–water partition coefficient (Wildman–Crippen LogP) is 1.27. The van der Waals surface area contributed by atoms with Crippen molar-refractivity contribution in [3.05, 3.63) is 41.7 Å². The zero-order chi connectivity index (χ0) is 17.8. The van der Waals surface area contributed by atoms with Crippen molar-refractivity contribution in [1.29, 1.82) is 0 Å². The van der Waals surface area contributed by atoms with Crippen molar-refractivity contribution in [1.82, 2.24) is 30.0 Å². The molecule has 2 aromatic heterocycles. The molecule has 0 aliphatic heterocycles. The van der Waals surface area contributed by atoms with Crippen LogP contribution in [0.15, 0.2) is 24.4 Å². The second-order valence-corrected chi connectivity index (χ2v) is 6.91. The SMILES string of the molecule is CC(=O)NC1CC(c2nnc(CN(C)CCc3ccccn3)n2C)C1. The summed E-state index contributed by atoms with van der Waals surface area (Å²) in [7, 11) is 4.12. The Balaban J connectivity index is 1.50. The number of carbonyl (C=O) groups is 1. The van der Waals surface area contributed by atoms with Crippen LogP contribution in [0.1, 0.15) is 43.0 Å². The second-order valence-electron chi connectivity index (χ2n) is 6.91. The molecule has 1 saturated carbocycles. The van der Waals surface area contributed by atoms with Crippen LogP contribution < -0.4 is 5.32 Å². The van der Waals surface area contributed by atoms with Gasteiger partial charge >= 0.3 is 0 Å². The molecule has 25 heavy (non-hydrogen) atoms. The van der Waals surface area contributed by atoms with Gasteiger partial charge in [0.15, 0.2) is 0 Å². The van der Waals surface area contributed by atoms with Crippen molar-refractivity contribution in [2.75, 3.05) is 13.6 Å². The molecular weight excluding hydrogens is 316 g/mol. The number of rotatable bonds is 7. The Morgan fingerprint density at radius 2 is 2.16 bits per heavy atom. The molecule has 0 atom stereocenters. The van der Waals surface area contributed by atoms with Crippen molar-refractivity contribution in [3.63, 3.8) is 0 Å². The standard InChI is InChI=1S/C18H26N6O/c1-13(25)20-16-10-14(11-16)18-22-21-17(24(18)3)12-23(2)9-7-15-6-4-5-8-19-15/h4-6,8,14,16H,7,9-12H2,1-3H3,(H,20,25). The van der Waals surface area contributed by atoms with Crippen LogP contribution in [0, 0.1) is 0 Å². The number of pyridine rings is 1. The third kappa shape index (κ3) is 4.42. The Hall–Kier alpha value is -2.28. The van der Waals surface area contributed by atoms with Crippen LogP contribution in [0.25, 0.3) is 0 Å². The van der Waals surface area contributed by atoms with Gasteiger partial charge in [0.25, 0.3) is 0 Å². The van der Waals surface area contributed by atoms with E-state index in [-0.39, 0.29) is 11.9 Å². The Bertz CT molecular complexity index is 708. The van der Waals surface area contributed by atoms with E-state index < -0.39 is 0 Å². The summed E-state index contributed by atoms with van der Waals surface area (Å²) >= 11 is 0.